The third-order valence-electron chi connectivity index (χ3n) is 2.07. The van der Waals surface area contributed by atoms with Crippen LogP contribution in [0.15, 0.2) is 46.6 Å². The van der Waals surface area contributed by atoms with E-state index in [1.54, 1.807) is 13.2 Å². The second-order valence-corrected chi connectivity index (χ2v) is 4.14. The largest absolute Gasteiger partial charge is 0.496 e. The molecule has 0 saturated heterocycles. The fraction of sp³-hybridized carbons (Fsp3) is 0.167. The van der Waals surface area contributed by atoms with Crippen LogP contribution in [0.4, 0.5) is 0 Å². The van der Waals surface area contributed by atoms with Crippen LogP contribution >= 0.6 is 11.8 Å². The molecular weight excluding hydrogens is 236 g/mol. The maximum atomic E-state index is 5.53. The van der Waals surface area contributed by atoms with Crippen LogP contribution in [0.1, 0.15) is 0 Å². The molecule has 0 amide bonds. The SMILES string of the molecule is C=CCSc1nnc(-c2ccccc2OC)o1. The van der Waals surface area contributed by atoms with E-state index in [0.717, 1.165) is 17.1 Å². The second kappa shape index (κ2) is 5.54. The molecule has 0 aliphatic heterocycles. The first-order valence-corrected chi connectivity index (χ1v) is 6.04. The number of hydrogen-bond donors (Lipinski definition) is 0. The highest BCUT2D eigenvalue weighted by molar-refractivity contribution is 7.99. The van der Waals surface area contributed by atoms with Crippen molar-refractivity contribution in [1.29, 1.82) is 0 Å². The Morgan fingerprint density at radius 1 is 1.41 bits per heavy atom. The van der Waals surface area contributed by atoms with Gasteiger partial charge in [0.15, 0.2) is 0 Å². The van der Waals surface area contributed by atoms with Gasteiger partial charge >= 0.3 is 0 Å². The van der Waals surface area contributed by atoms with Crippen LogP contribution in [0.5, 0.6) is 5.75 Å². The molecule has 2 rings (SSSR count). The molecule has 0 fully saturated rings. The van der Waals surface area contributed by atoms with Crippen molar-refractivity contribution in [3.63, 3.8) is 0 Å². The number of hydrogen-bond acceptors (Lipinski definition) is 5. The summed E-state index contributed by atoms with van der Waals surface area (Å²) < 4.78 is 10.8. The maximum absolute atomic E-state index is 5.53. The molecule has 4 nitrogen and oxygen atoms in total. The Labute approximate surface area is 104 Å². The summed E-state index contributed by atoms with van der Waals surface area (Å²) in [6, 6.07) is 7.54. The van der Waals surface area contributed by atoms with Crippen molar-refractivity contribution in [1.82, 2.24) is 10.2 Å². The number of ether oxygens (including phenoxy) is 1. The molecule has 0 radical (unpaired) electrons. The summed E-state index contributed by atoms with van der Waals surface area (Å²) in [4.78, 5) is 0. The van der Waals surface area contributed by atoms with Crippen molar-refractivity contribution in [3.8, 4) is 17.2 Å². The molecule has 1 heterocycles. The third kappa shape index (κ3) is 2.68. The van der Waals surface area contributed by atoms with Gasteiger partial charge in [-0.1, -0.05) is 30.0 Å². The smallest absolute Gasteiger partial charge is 0.277 e. The van der Waals surface area contributed by atoms with Gasteiger partial charge in [-0.05, 0) is 12.1 Å². The summed E-state index contributed by atoms with van der Waals surface area (Å²) in [5, 5.41) is 8.48. The molecule has 0 bridgehead atoms. The maximum Gasteiger partial charge on any atom is 0.277 e. The highest BCUT2D eigenvalue weighted by Crippen LogP contribution is 2.30. The Bertz CT molecular complexity index is 511. The van der Waals surface area contributed by atoms with Crippen molar-refractivity contribution in [3.05, 3.63) is 36.9 Å². The third-order valence-corrected chi connectivity index (χ3v) is 2.88. The van der Waals surface area contributed by atoms with Crippen molar-refractivity contribution >= 4 is 11.8 Å². The Morgan fingerprint density at radius 2 is 2.24 bits per heavy atom. The molecule has 0 N–H and O–H groups in total. The number of methoxy groups -OCH3 is 1. The van der Waals surface area contributed by atoms with E-state index in [0.29, 0.717) is 11.1 Å². The van der Waals surface area contributed by atoms with Crippen LogP contribution in [0.2, 0.25) is 0 Å². The number of aromatic nitrogens is 2. The van der Waals surface area contributed by atoms with Crippen molar-refractivity contribution < 1.29 is 9.15 Å². The Morgan fingerprint density at radius 3 is 3.00 bits per heavy atom. The van der Waals surface area contributed by atoms with Gasteiger partial charge in [-0.3, -0.25) is 0 Å². The minimum atomic E-state index is 0.467. The van der Waals surface area contributed by atoms with Gasteiger partial charge in [0.05, 0.1) is 12.7 Å². The Kier molecular flexibility index (Phi) is 3.82. The molecule has 1 aromatic carbocycles. The number of para-hydroxylation sites is 1. The average Bonchev–Trinajstić information content (AvgIpc) is 2.85. The second-order valence-electron chi connectivity index (χ2n) is 3.17. The number of thioether (sulfide) groups is 1. The molecule has 2 aromatic rings. The number of rotatable bonds is 5. The lowest BCUT2D eigenvalue weighted by Crippen LogP contribution is -1.87. The van der Waals surface area contributed by atoms with Gasteiger partial charge in [-0.25, -0.2) is 0 Å². The predicted octanol–water partition coefficient (Wildman–Crippen LogP) is 3.02. The van der Waals surface area contributed by atoms with E-state index in [1.807, 2.05) is 24.3 Å². The monoisotopic (exact) mass is 248 g/mol. The lowest BCUT2D eigenvalue weighted by molar-refractivity contribution is 0.411. The summed E-state index contributed by atoms with van der Waals surface area (Å²) >= 11 is 1.45. The van der Waals surface area contributed by atoms with E-state index in [4.69, 9.17) is 9.15 Å². The van der Waals surface area contributed by atoms with Gasteiger partial charge in [0.2, 0.25) is 0 Å². The quantitative estimate of drug-likeness (QED) is 0.601. The Hall–Kier alpha value is -1.75. The zero-order chi connectivity index (χ0) is 12.1. The first-order chi connectivity index (χ1) is 8.35. The van der Waals surface area contributed by atoms with Crippen LogP contribution in [0.3, 0.4) is 0 Å². The molecule has 0 unspecified atom stereocenters. The minimum absolute atomic E-state index is 0.467. The van der Waals surface area contributed by atoms with E-state index < -0.39 is 0 Å². The van der Waals surface area contributed by atoms with Crippen molar-refractivity contribution in [2.24, 2.45) is 0 Å². The molecule has 0 spiro atoms. The molecule has 0 atom stereocenters. The molecule has 0 saturated carbocycles. The molecule has 88 valence electrons. The topological polar surface area (TPSA) is 48.2 Å². The first-order valence-electron chi connectivity index (χ1n) is 5.05. The summed E-state index contributed by atoms with van der Waals surface area (Å²) in [6.07, 6.45) is 1.79. The highest BCUT2D eigenvalue weighted by Gasteiger charge is 2.12. The molecule has 1 aromatic heterocycles. The Balaban J connectivity index is 2.27. The van der Waals surface area contributed by atoms with E-state index in [9.17, 15) is 0 Å². The van der Waals surface area contributed by atoms with Crippen LogP contribution < -0.4 is 4.74 Å². The molecular formula is C12H12N2O2S. The fourth-order valence-corrected chi connectivity index (χ4v) is 1.83. The predicted molar refractivity (Wildman–Crippen MR) is 67.2 cm³/mol. The summed E-state index contributed by atoms with van der Waals surface area (Å²) in [5.41, 5.74) is 0.799. The zero-order valence-corrected chi connectivity index (χ0v) is 10.2. The lowest BCUT2D eigenvalue weighted by atomic mass is 10.2. The van der Waals surface area contributed by atoms with Gasteiger partial charge in [-0.15, -0.1) is 16.8 Å². The summed E-state index contributed by atoms with van der Waals surface area (Å²) in [7, 11) is 1.61. The first kappa shape index (κ1) is 11.7. The fourth-order valence-electron chi connectivity index (χ4n) is 1.33. The summed E-state index contributed by atoms with van der Waals surface area (Å²) in [5.74, 6) is 1.93. The molecule has 0 aliphatic carbocycles. The lowest BCUT2D eigenvalue weighted by Gasteiger charge is -2.03. The van der Waals surface area contributed by atoms with Crippen LogP contribution in [-0.4, -0.2) is 23.1 Å². The van der Waals surface area contributed by atoms with Gasteiger partial charge < -0.3 is 9.15 Å². The average molecular weight is 248 g/mol. The highest BCUT2D eigenvalue weighted by atomic mass is 32.2. The minimum Gasteiger partial charge on any atom is -0.496 e. The standard InChI is InChI=1S/C12H12N2O2S/c1-3-8-17-12-14-13-11(16-12)9-6-4-5-7-10(9)15-2/h3-7H,1,8H2,2H3. The number of nitrogens with zero attached hydrogens (tertiary/aromatic N) is 2. The molecule has 5 heteroatoms. The molecule has 17 heavy (non-hydrogen) atoms. The normalized spacial score (nSPS) is 10.2. The molecule has 0 aliphatic rings. The zero-order valence-electron chi connectivity index (χ0n) is 9.42. The van der Waals surface area contributed by atoms with Crippen LogP contribution in [-0.2, 0) is 0 Å². The van der Waals surface area contributed by atoms with Crippen LogP contribution in [0.25, 0.3) is 11.5 Å². The van der Waals surface area contributed by atoms with E-state index in [1.165, 1.54) is 11.8 Å². The van der Waals surface area contributed by atoms with E-state index >= 15 is 0 Å². The van der Waals surface area contributed by atoms with Crippen molar-refractivity contribution in [2.45, 2.75) is 5.22 Å². The van der Waals surface area contributed by atoms with E-state index in [-0.39, 0.29) is 0 Å². The van der Waals surface area contributed by atoms with Crippen LogP contribution in [0, 0.1) is 0 Å². The van der Waals surface area contributed by atoms with E-state index in [2.05, 4.69) is 16.8 Å². The van der Waals surface area contributed by atoms with Crippen molar-refractivity contribution in [2.75, 3.05) is 12.9 Å². The summed E-state index contributed by atoms with van der Waals surface area (Å²) in [6.45, 7) is 3.64. The van der Waals surface area contributed by atoms with Gasteiger partial charge in [0.25, 0.3) is 11.1 Å². The van der Waals surface area contributed by atoms with Gasteiger partial charge in [0, 0.05) is 5.75 Å². The van der Waals surface area contributed by atoms with Gasteiger partial charge in [0.1, 0.15) is 5.75 Å². The van der Waals surface area contributed by atoms with Gasteiger partial charge in [-0.2, -0.15) is 0 Å². The number of benzene rings is 1.